The van der Waals surface area contributed by atoms with E-state index < -0.39 is 21.7 Å². The number of hydrogen-bond acceptors (Lipinski definition) is 9. The second-order valence-electron chi connectivity index (χ2n) is 10.9. The van der Waals surface area contributed by atoms with E-state index in [0.29, 0.717) is 23.7 Å². The molecule has 214 valence electrons. The summed E-state index contributed by atoms with van der Waals surface area (Å²) in [6.07, 6.45) is 0.826. The molecule has 0 bridgehead atoms. The fraction of sp³-hybridized carbons (Fsp3) is 0.393. The number of pyridine rings is 2. The Hall–Kier alpha value is -3.77. The van der Waals surface area contributed by atoms with Gasteiger partial charge in [0, 0.05) is 36.2 Å². The van der Waals surface area contributed by atoms with E-state index in [1.165, 1.54) is 42.5 Å². The molecule has 0 spiro atoms. The maximum atomic E-state index is 14.6. The molecule has 1 aliphatic heterocycles. The van der Waals surface area contributed by atoms with Crippen LogP contribution in [0, 0.1) is 17.7 Å². The molecule has 3 heterocycles. The van der Waals surface area contributed by atoms with Crippen molar-refractivity contribution in [2.45, 2.75) is 44.7 Å². The summed E-state index contributed by atoms with van der Waals surface area (Å²) in [5.41, 5.74) is 6.08. The smallest absolute Gasteiger partial charge is 0.281 e. The van der Waals surface area contributed by atoms with Gasteiger partial charge < -0.3 is 20.5 Å². The molecule has 2 aromatic heterocycles. The number of aliphatic hydroxyl groups is 1. The molecule has 4 rings (SSSR count). The lowest BCUT2D eigenvalue weighted by atomic mass is 9.97. The zero-order valence-corrected chi connectivity index (χ0v) is 23.7. The Bertz CT molecular complexity index is 1510. The first-order chi connectivity index (χ1) is 18.8. The van der Waals surface area contributed by atoms with Crippen LogP contribution in [-0.4, -0.2) is 54.7 Å². The lowest BCUT2D eigenvalue weighted by Gasteiger charge is -2.34. The van der Waals surface area contributed by atoms with Crippen molar-refractivity contribution in [2.75, 3.05) is 30.4 Å². The van der Waals surface area contributed by atoms with Crippen LogP contribution >= 0.6 is 0 Å². The van der Waals surface area contributed by atoms with Crippen LogP contribution in [0.4, 0.5) is 16.0 Å². The molecule has 1 unspecified atom stereocenters. The number of nitrogen functional groups attached to an aromatic ring is 1. The number of anilines is 2. The normalized spacial score (nSPS) is 17.4. The number of hydrogen-bond donors (Lipinski definition) is 3. The number of nitrogens with one attached hydrogen (secondary N) is 1. The van der Waals surface area contributed by atoms with E-state index in [-0.39, 0.29) is 52.6 Å². The number of rotatable bonds is 9. The molecule has 1 fully saturated rings. The Balaban J connectivity index is 1.75. The second-order valence-corrected chi connectivity index (χ2v) is 12.5. The molecule has 10 nitrogen and oxygen atoms in total. The molecule has 0 saturated carbocycles. The third-order valence-corrected chi connectivity index (χ3v) is 7.94. The molecular formula is C28H34FN5O5S. The van der Waals surface area contributed by atoms with Crippen LogP contribution in [0.15, 0.2) is 53.6 Å². The van der Waals surface area contributed by atoms with Gasteiger partial charge in [-0.2, -0.15) is 8.42 Å². The Morgan fingerprint density at radius 1 is 1.25 bits per heavy atom. The molecule has 0 radical (unpaired) electrons. The van der Waals surface area contributed by atoms with Crippen molar-refractivity contribution in [3.8, 4) is 17.0 Å². The largest absolute Gasteiger partial charge is 0.493 e. The van der Waals surface area contributed by atoms with E-state index in [4.69, 9.17) is 15.5 Å². The minimum absolute atomic E-state index is 0.000836. The van der Waals surface area contributed by atoms with Gasteiger partial charge in [-0.25, -0.2) is 19.1 Å². The van der Waals surface area contributed by atoms with Gasteiger partial charge in [-0.3, -0.25) is 4.79 Å². The number of ether oxygens (including phenoxy) is 1. The van der Waals surface area contributed by atoms with Crippen molar-refractivity contribution in [2.24, 2.45) is 11.8 Å². The zero-order chi connectivity index (χ0) is 29.2. The quantitative estimate of drug-likeness (QED) is 0.350. The van der Waals surface area contributed by atoms with Crippen molar-refractivity contribution in [1.29, 1.82) is 0 Å². The van der Waals surface area contributed by atoms with E-state index >= 15 is 0 Å². The van der Waals surface area contributed by atoms with E-state index in [0.717, 1.165) is 6.42 Å². The molecule has 1 aliphatic rings. The topological polar surface area (TPSA) is 148 Å². The molecular weight excluding hydrogens is 537 g/mol. The van der Waals surface area contributed by atoms with Crippen LogP contribution in [0.1, 0.15) is 44.5 Å². The predicted molar refractivity (Wildman–Crippen MR) is 150 cm³/mol. The van der Waals surface area contributed by atoms with Crippen LogP contribution in [0.5, 0.6) is 5.75 Å². The summed E-state index contributed by atoms with van der Waals surface area (Å²) >= 11 is 0. The third kappa shape index (κ3) is 6.50. The minimum atomic E-state index is -4.32. The Labute approximate surface area is 233 Å². The van der Waals surface area contributed by atoms with Crippen LogP contribution < -0.4 is 20.1 Å². The van der Waals surface area contributed by atoms with Gasteiger partial charge in [0.15, 0.2) is 5.03 Å². The highest BCUT2D eigenvalue weighted by atomic mass is 32.2. The van der Waals surface area contributed by atoms with E-state index in [1.807, 2.05) is 18.7 Å². The fourth-order valence-electron chi connectivity index (χ4n) is 4.85. The van der Waals surface area contributed by atoms with Gasteiger partial charge in [0.25, 0.3) is 15.9 Å². The number of carbonyl (C=O) groups excluding carboxylic acids is 1. The van der Waals surface area contributed by atoms with Crippen molar-refractivity contribution in [3.63, 3.8) is 0 Å². The zero-order valence-electron chi connectivity index (χ0n) is 22.9. The molecule has 3 aromatic rings. The highest BCUT2D eigenvalue weighted by Crippen LogP contribution is 2.38. The molecule has 0 aliphatic carbocycles. The number of carbonyl (C=O) groups is 1. The van der Waals surface area contributed by atoms with Gasteiger partial charge in [0.05, 0.1) is 17.9 Å². The van der Waals surface area contributed by atoms with Crippen LogP contribution in [0.2, 0.25) is 0 Å². The number of aromatic nitrogens is 2. The lowest BCUT2D eigenvalue weighted by Crippen LogP contribution is -2.41. The first kappa shape index (κ1) is 29.2. The van der Waals surface area contributed by atoms with Gasteiger partial charge in [-0.05, 0) is 62.6 Å². The highest BCUT2D eigenvalue weighted by Gasteiger charge is 2.39. The van der Waals surface area contributed by atoms with Crippen LogP contribution in [0.3, 0.4) is 0 Å². The first-order valence-electron chi connectivity index (χ1n) is 12.9. The van der Waals surface area contributed by atoms with Crippen molar-refractivity contribution in [3.05, 3.63) is 59.9 Å². The number of aliphatic hydroxyl groups excluding tert-OH is 1. The highest BCUT2D eigenvalue weighted by molar-refractivity contribution is 7.90. The Morgan fingerprint density at radius 2 is 2.00 bits per heavy atom. The molecule has 1 aromatic carbocycles. The standard InChI is InChI=1S/C28H34FN5O5S/c1-17-13-28(3,4)34(14-17)26-22(27(36)33-40(37,38)25-7-5-6-24(30)32-25)8-9-23(31-26)19-10-20(29)12-21(11-19)39-16-18(2)15-35/h5-12,17-18,35H,13-16H2,1-4H3,(H2,30,32)(H,33,36)/t17-,18?/m0/s1. The van der Waals surface area contributed by atoms with Crippen LogP contribution in [0.25, 0.3) is 11.3 Å². The Morgan fingerprint density at radius 3 is 2.65 bits per heavy atom. The molecule has 2 atom stereocenters. The maximum Gasteiger partial charge on any atom is 0.281 e. The van der Waals surface area contributed by atoms with E-state index in [9.17, 15) is 22.7 Å². The number of sulfonamides is 1. The van der Waals surface area contributed by atoms with Crippen molar-refractivity contribution >= 4 is 27.6 Å². The third-order valence-electron chi connectivity index (χ3n) is 6.71. The number of amides is 1. The number of halogens is 1. The van der Waals surface area contributed by atoms with Gasteiger partial charge in [-0.15, -0.1) is 0 Å². The van der Waals surface area contributed by atoms with Crippen LogP contribution in [-0.2, 0) is 10.0 Å². The number of nitrogens with zero attached hydrogens (tertiary/aromatic N) is 3. The lowest BCUT2D eigenvalue weighted by molar-refractivity contribution is 0.0981. The van der Waals surface area contributed by atoms with Gasteiger partial charge in [-0.1, -0.05) is 19.9 Å². The van der Waals surface area contributed by atoms with Crippen molar-refractivity contribution in [1.82, 2.24) is 14.7 Å². The number of nitrogens with two attached hydrogens (primary N) is 1. The Kier molecular flexibility index (Phi) is 8.31. The minimum Gasteiger partial charge on any atom is -0.493 e. The average molecular weight is 572 g/mol. The number of benzene rings is 1. The first-order valence-corrected chi connectivity index (χ1v) is 14.4. The molecule has 1 saturated heterocycles. The molecule has 1 amide bonds. The van der Waals surface area contributed by atoms with E-state index in [2.05, 4.69) is 16.6 Å². The van der Waals surface area contributed by atoms with Gasteiger partial charge in [0.1, 0.15) is 23.2 Å². The van der Waals surface area contributed by atoms with Gasteiger partial charge >= 0.3 is 0 Å². The van der Waals surface area contributed by atoms with E-state index in [1.54, 1.807) is 13.0 Å². The summed E-state index contributed by atoms with van der Waals surface area (Å²) < 4.78 is 48.1. The maximum absolute atomic E-state index is 14.6. The molecule has 12 heteroatoms. The summed E-state index contributed by atoms with van der Waals surface area (Å²) in [6, 6.07) is 11.3. The summed E-state index contributed by atoms with van der Waals surface area (Å²) in [5.74, 6) is -0.706. The van der Waals surface area contributed by atoms with Gasteiger partial charge in [0.2, 0.25) is 0 Å². The van der Waals surface area contributed by atoms with Crippen molar-refractivity contribution < 1.29 is 27.4 Å². The average Bonchev–Trinajstić information content (AvgIpc) is 3.17. The fourth-order valence-corrected chi connectivity index (χ4v) is 5.79. The summed E-state index contributed by atoms with van der Waals surface area (Å²) in [6.45, 7) is 8.67. The monoisotopic (exact) mass is 571 g/mol. The summed E-state index contributed by atoms with van der Waals surface area (Å²) in [7, 11) is -4.32. The predicted octanol–water partition coefficient (Wildman–Crippen LogP) is 3.62. The SMILES string of the molecule is CC(CO)COc1cc(F)cc(-c2ccc(C(=O)NS(=O)(=O)c3cccc(N)n3)c(N3C[C@@H](C)CC3(C)C)n2)c1. The summed E-state index contributed by atoms with van der Waals surface area (Å²) in [5, 5.41) is 8.88. The molecule has 4 N–H and O–H groups in total. The second kappa shape index (κ2) is 11.4. The summed E-state index contributed by atoms with van der Waals surface area (Å²) in [4.78, 5) is 24.0. The molecule has 40 heavy (non-hydrogen) atoms.